The van der Waals surface area contributed by atoms with Gasteiger partial charge in [0.15, 0.2) is 0 Å². The molecule has 2 nitrogen and oxygen atoms in total. The first kappa shape index (κ1) is 14.6. The zero-order valence-electron chi connectivity index (χ0n) is 12.6. The van der Waals surface area contributed by atoms with Gasteiger partial charge in [0.05, 0.1) is 5.54 Å². The maximum atomic E-state index is 6.56. The highest BCUT2D eigenvalue weighted by Crippen LogP contribution is 2.25. The van der Waals surface area contributed by atoms with E-state index in [1.54, 1.807) is 0 Å². The van der Waals surface area contributed by atoms with Crippen molar-refractivity contribution in [3.8, 4) is 0 Å². The van der Waals surface area contributed by atoms with Crippen LogP contribution in [0.3, 0.4) is 0 Å². The molecule has 0 aliphatic heterocycles. The van der Waals surface area contributed by atoms with E-state index in [4.69, 9.17) is 5.73 Å². The summed E-state index contributed by atoms with van der Waals surface area (Å²) in [6, 6.07) is 18.8. The van der Waals surface area contributed by atoms with Crippen molar-refractivity contribution >= 4 is 5.69 Å². The number of likely N-dealkylation sites (N-methyl/N-ethyl adjacent to an activating group) is 1. The van der Waals surface area contributed by atoms with E-state index in [9.17, 15) is 0 Å². The van der Waals surface area contributed by atoms with Gasteiger partial charge in [0.25, 0.3) is 0 Å². The number of nitrogens with zero attached hydrogens (tertiary/aromatic N) is 1. The Morgan fingerprint density at radius 1 is 1.00 bits per heavy atom. The summed E-state index contributed by atoms with van der Waals surface area (Å²) in [6.07, 6.45) is 0. The Balaban J connectivity index is 2.24. The fourth-order valence-electron chi connectivity index (χ4n) is 2.59. The molecule has 2 aromatic carbocycles. The summed E-state index contributed by atoms with van der Waals surface area (Å²) in [5, 5.41) is 0. The molecule has 2 aromatic rings. The van der Waals surface area contributed by atoms with Crippen LogP contribution in [0.1, 0.15) is 25.0 Å². The van der Waals surface area contributed by atoms with Crippen LogP contribution >= 0.6 is 0 Å². The summed E-state index contributed by atoms with van der Waals surface area (Å²) in [4.78, 5) is 2.35. The minimum Gasteiger partial charge on any atom is -0.369 e. The Morgan fingerprint density at radius 2 is 1.60 bits per heavy atom. The van der Waals surface area contributed by atoms with Crippen molar-refractivity contribution in [2.75, 3.05) is 18.0 Å². The highest BCUT2D eigenvalue weighted by molar-refractivity contribution is 5.53. The molecule has 2 N–H and O–H groups in total. The average molecular weight is 268 g/mol. The molecule has 2 heteroatoms. The van der Waals surface area contributed by atoms with Crippen molar-refractivity contribution < 1.29 is 0 Å². The van der Waals surface area contributed by atoms with Gasteiger partial charge in [-0.1, -0.05) is 48.5 Å². The van der Waals surface area contributed by atoms with Gasteiger partial charge in [-0.25, -0.2) is 0 Å². The maximum Gasteiger partial charge on any atom is 0.0558 e. The molecule has 0 saturated heterocycles. The Hall–Kier alpha value is -1.80. The van der Waals surface area contributed by atoms with Crippen molar-refractivity contribution in [3.63, 3.8) is 0 Å². The van der Waals surface area contributed by atoms with Crippen LogP contribution < -0.4 is 10.6 Å². The largest absolute Gasteiger partial charge is 0.369 e. The molecule has 0 aliphatic rings. The van der Waals surface area contributed by atoms with Gasteiger partial charge < -0.3 is 10.6 Å². The lowest BCUT2D eigenvalue weighted by Crippen LogP contribution is -2.45. The number of aryl methyl sites for hydroxylation is 1. The van der Waals surface area contributed by atoms with E-state index >= 15 is 0 Å². The zero-order chi connectivity index (χ0) is 14.6. The van der Waals surface area contributed by atoms with Crippen LogP contribution in [0.25, 0.3) is 0 Å². The summed E-state index contributed by atoms with van der Waals surface area (Å²) in [6.45, 7) is 8.17. The molecule has 0 fully saturated rings. The Kier molecular flexibility index (Phi) is 4.46. The second-order valence-electron chi connectivity index (χ2n) is 5.58. The van der Waals surface area contributed by atoms with Gasteiger partial charge in [-0.3, -0.25) is 0 Å². The molecule has 0 radical (unpaired) electrons. The molecular weight excluding hydrogens is 244 g/mol. The molecule has 0 bridgehead atoms. The number of hydrogen-bond donors (Lipinski definition) is 1. The molecule has 0 heterocycles. The van der Waals surface area contributed by atoms with Gasteiger partial charge in [-0.15, -0.1) is 0 Å². The van der Waals surface area contributed by atoms with E-state index < -0.39 is 0 Å². The minimum absolute atomic E-state index is 0.362. The summed E-state index contributed by atoms with van der Waals surface area (Å²) in [5.74, 6) is 0. The first-order valence-corrected chi connectivity index (χ1v) is 7.19. The topological polar surface area (TPSA) is 29.3 Å². The number of anilines is 1. The Morgan fingerprint density at radius 3 is 2.20 bits per heavy atom. The van der Waals surface area contributed by atoms with Crippen molar-refractivity contribution in [3.05, 3.63) is 65.7 Å². The standard InChI is InChI=1S/C18H24N2/c1-4-20(17-13-9-8-10-15(17)2)14-18(3,19)16-11-6-5-7-12-16/h5-13H,4,14,19H2,1-3H3. The minimum atomic E-state index is -0.362. The molecule has 0 aliphatic carbocycles. The number of hydrogen-bond acceptors (Lipinski definition) is 2. The van der Waals surface area contributed by atoms with E-state index in [-0.39, 0.29) is 5.54 Å². The number of para-hydroxylation sites is 1. The van der Waals surface area contributed by atoms with E-state index in [0.717, 1.165) is 13.1 Å². The lowest BCUT2D eigenvalue weighted by Gasteiger charge is -2.34. The van der Waals surface area contributed by atoms with Crippen molar-refractivity contribution in [2.24, 2.45) is 5.73 Å². The number of benzene rings is 2. The van der Waals surface area contributed by atoms with Crippen LogP contribution in [-0.2, 0) is 5.54 Å². The van der Waals surface area contributed by atoms with Gasteiger partial charge in [0, 0.05) is 18.8 Å². The van der Waals surface area contributed by atoms with Crippen molar-refractivity contribution in [1.29, 1.82) is 0 Å². The van der Waals surface area contributed by atoms with Crippen molar-refractivity contribution in [1.82, 2.24) is 0 Å². The van der Waals surface area contributed by atoms with Gasteiger partial charge in [0.2, 0.25) is 0 Å². The quantitative estimate of drug-likeness (QED) is 0.896. The molecule has 20 heavy (non-hydrogen) atoms. The predicted molar refractivity (Wildman–Crippen MR) is 87.0 cm³/mol. The monoisotopic (exact) mass is 268 g/mol. The van der Waals surface area contributed by atoms with Crippen LogP contribution in [0.15, 0.2) is 54.6 Å². The van der Waals surface area contributed by atoms with Crippen LogP contribution in [-0.4, -0.2) is 13.1 Å². The third-order valence-electron chi connectivity index (χ3n) is 3.79. The molecule has 0 spiro atoms. The molecule has 0 saturated carbocycles. The first-order chi connectivity index (χ1) is 9.54. The molecule has 106 valence electrons. The average Bonchev–Trinajstić information content (AvgIpc) is 2.46. The predicted octanol–water partition coefficient (Wildman–Crippen LogP) is 3.70. The lowest BCUT2D eigenvalue weighted by atomic mass is 9.92. The van der Waals surface area contributed by atoms with E-state index in [1.807, 2.05) is 18.2 Å². The molecule has 0 aromatic heterocycles. The lowest BCUT2D eigenvalue weighted by molar-refractivity contribution is 0.486. The van der Waals surface area contributed by atoms with Crippen LogP contribution in [0.2, 0.25) is 0 Å². The van der Waals surface area contributed by atoms with E-state index in [0.29, 0.717) is 0 Å². The number of rotatable bonds is 5. The van der Waals surface area contributed by atoms with Crippen LogP contribution in [0, 0.1) is 6.92 Å². The van der Waals surface area contributed by atoms with Crippen LogP contribution in [0.5, 0.6) is 0 Å². The highest BCUT2D eigenvalue weighted by atomic mass is 15.1. The summed E-state index contributed by atoms with van der Waals surface area (Å²) in [7, 11) is 0. The van der Waals surface area contributed by atoms with Gasteiger partial charge in [0.1, 0.15) is 0 Å². The van der Waals surface area contributed by atoms with Gasteiger partial charge >= 0.3 is 0 Å². The molecule has 0 amide bonds. The highest BCUT2D eigenvalue weighted by Gasteiger charge is 2.24. The third-order valence-corrected chi connectivity index (χ3v) is 3.79. The second-order valence-corrected chi connectivity index (χ2v) is 5.58. The normalized spacial score (nSPS) is 13.8. The summed E-state index contributed by atoms with van der Waals surface area (Å²) in [5.41, 5.74) is 9.93. The molecular formula is C18H24N2. The van der Waals surface area contributed by atoms with Crippen molar-refractivity contribution in [2.45, 2.75) is 26.3 Å². The van der Waals surface area contributed by atoms with E-state index in [2.05, 4.69) is 62.1 Å². The smallest absolute Gasteiger partial charge is 0.0558 e. The second kappa shape index (κ2) is 6.10. The molecule has 1 atom stereocenters. The number of nitrogens with two attached hydrogens (primary N) is 1. The fraction of sp³-hybridized carbons (Fsp3) is 0.333. The van der Waals surface area contributed by atoms with Gasteiger partial charge in [-0.05, 0) is 38.0 Å². The van der Waals surface area contributed by atoms with Gasteiger partial charge in [-0.2, -0.15) is 0 Å². The Bertz CT molecular complexity index is 546. The third kappa shape index (κ3) is 3.20. The fourth-order valence-corrected chi connectivity index (χ4v) is 2.59. The SMILES string of the molecule is CCN(CC(C)(N)c1ccccc1)c1ccccc1C. The Labute approximate surface area is 122 Å². The van der Waals surface area contributed by atoms with Crippen LogP contribution in [0.4, 0.5) is 5.69 Å². The first-order valence-electron chi connectivity index (χ1n) is 7.19. The molecule has 2 rings (SSSR count). The zero-order valence-corrected chi connectivity index (χ0v) is 12.6. The van der Waals surface area contributed by atoms with E-state index in [1.165, 1.54) is 16.8 Å². The maximum absolute atomic E-state index is 6.56. The summed E-state index contributed by atoms with van der Waals surface area (Å²) < 4.78 is 0. The molecule has 1 unspecified atom stereocenters. The summed E-state index contributed by atoms with van der Waals surface area (Å²) >= 11 is 0.